The summed E-state index contributed by atoms with van der Waals surface area (Å²) in [5.41, 5.74) is 3.16. The molecule has 0 bridgehead atoms. The molecule has 0 amide bonds. The lowest BCUT2D eigenvalue weighted by Gasteiger charge is -2.00. The average Bonchev–Trinajstić information content (AvgIpc) is 3.16. The van der Waals surface area contributed by atoms with Crippen LogP contribution in [0.2, 0.25) is 0 Å². The van der Waals surface area contributed by atoms with Crippen molar-refractivity contribution in [3.8, 4) is 16.3 Å². The number of nitrogens with zero attached hydrogens (tertiary/aromatic N) is 4. The van der Waals surface area contributed by atoms with Crippen LogP contribution in [0.5, 0.6) is 0 Å². The van der Waals surface area contributed by atoms with Gasteiger partial charge in [0.05, 0.1) is 16.5 Å². The van der Waals surface area contributed by atoms with Gasteiger partial charge < -0.3 is 4.57 Å². The van der Waals surface area contributed by atoms with Crippen LogP contribution in [0, 0.1) is 0 Å². The Morgan fingerprint density at radius 2 is 2.05 bits per heavy atom. The van der Waals surface area contributed by atoms with Crippen LogP contribution in [0.15, 0.2) is 61.4 Å². The van der Waals surface area contributed by atoms with Crippen LogP contribution in [0.4, 0.5) is 0 Å². The van der Waals surface area contributed by atoms with Crippen molar-refractivity contribution in [2.45, 2.75) is 0 Å². The highest BCUT2D eigenvalue weighted by molar-refractivity contribution is 7.21. The molecule has 3 heterocycles. The smallest absolute Gasteiger partial charge is 0.126 e. The number of benzene rings is 1. The zero-order chi connectivity index (χ0) is 13.4. The number of thiazole rings is 1. The molecule has 0 aliphatic carbocycles. The summed E-state index contributed by atoms with van der Waals surface area (Å²) in [5, 5.41) is 0.996. The summed E-state index contributed by atoms with van der Waals surface area (Å²) < 4.78 is 3.15. The molecule has 0 spiro atoms. The number of aromatic nitrogens is 4. The van der Waals surface area contributed by atoms with Crippen LogP contribution in [-0.2, 0) is 0 Å². The molecule has 1 aromatic carbocycles. The summed E-state index contributed by atoms with van der Waals surface area (Å²) in [6, 6.07) is 10.2. The molecule has 20 heavy (non-hydrogen) atoms. The maximum atomic E-state index is 4.66. The van der Waals surface area contributed by atoms with Crippen molar-refractivity contribution in [1.82, 2.24) is 19.5 Å². The highest BCUT2D eigenvalue weighted by atomic mass is 32.1. The van der Waals surface area contributed by atoms with Crippen molar-refractivity contribution < 1.29 is 0 Å². The minimum atomic E-state index is 0.996. The second-order valence-corrected chi connectivity index (χ2v) is 5.41. The standard InChI is InChI=1S/C15H10N4S/c1-2-11(9-16-5-1)15-18-13-4-3-12(8-14(13)20-15)19-7-6-17-10-19/h1-10H. The lowest BCUT2D eigenvalue weighted by Crippen LogP contribution is -1.88. The Kier molecular flexibility index (Phi) is 2.57. The van der Waals surface area contributed by atoms with Gasteiger partial charge >= 0.3 is 0 Å². The van der Waals surface area contributed by atoms with E-state index in [4.69, 9.17) is 0 Å². The number of imidazole rings is 1. The first kappa shape index (κ1) is 11.3. The maximum Gasteiger partial charge on any atom is 0.126 e. The number of fused-ring (bicyclic) bond motifs is 1. The van der Waals surface area contributed by atoms with E-state index < -0.39 is 0 Å². The van der Waals surface area contributed by atoms with E-state index in [0.717, 1.165) is 26.5 Å². The van der Waals surface area contributed by atoms with Gasteiger partial charge in [0.15, 0.2) is 0 Å². The van der Waals surface area contributed by atoms with E-state index in [-0.39, 0.29) is 0 Å². The number of rotatable bonds is 2. The van der Waals surface area contributed by atoms with E-state index in [0.29, 0.717) is 0 Å². The predicted octanol–water partition coefficient (Wildman–Crippen LogP) is 3.54. The number of hydrogen-bond donors (Lipinski definition) is 0. The molecule has 0 aliphatic heterocycles. The van der Waals surface area contributed by atoms with E-state index in [1.165, 1.54) is 0 Å². The fourth-order valence-electron chi connectivity index (χ4n) is 2.10. The third kappa shape index (κ3) is 1.88. The van der Waals surface area contributed by atoms with Gasteiger partial charge in [0.2, 0.25) is 0 Å². The molecule has 0 atom stereocenters. The Bertz CT molecular complexity index is 850. The normalized spacial score (nSPS) is 11.0. The van der Waals surface area contributed by atoms with Crippen molar-refractivity contribution in [2.24, 2.45) is 0 Å². The molecule has 0 saturated carbocycles. The lowest BCUT2D eigenvalue weighted by molar-refractivity contribution is 1.06. The molecule has 0 aliphatic rings. The Labute approximate surface area is 119 Å². The fraction of sp³-hybridized carbons (Fsp3) is 0. The Balaban J connectivity index is 1.84. The van der Waals surface area contributed by atoms with E-state index in [1.807, 2.05) is 35.2 Å². The van der Waals surface area contributed by atoms with E-state index in [9.17, 15) is 0 Å². The fourth-order valence-corrected chi connectivity index (χ4v) is 3.09. The lowest BCUT2D eigenvalue weighted by atomic mass is 10.3. The van der Waals surface area contributed by atoms with E-state index in [1.54, 1.807) is 30.1 Å². The van der Waals surface area contributed by atoms with Gasteiger partial charge in [-0.3, -0.25) is 4.98 Å². The zero-order valence-corrected chi connectivity index (χ0v) is 11.3. The van der Waals surface area contributed by atoms with Gasteiger partial charge in [0, 0.05) is 36.0 Å². The molecule has 4 aromatic rings. The maximum absolute atomic E-state index is 4.66. The molecule has 0 unspecified atom stereocenters. The topological polar surface area (TPSA) is 43.6 Å². The summed E-state index contributed by atoms with van der Waals surface area (Å²) in [6.07, 6.45) is 9.12. The van der Waals surface area contributed by atoms with Gasteiger partial charge in [-0.1, -0.05) is 0 Å². The van der Waals surface area contributed by atoms with Crippen LogP contribution >= 0.6 is 11.3 Å². The largest absolute Gasteiger partial charge is 0.306 e. The quantitative estimate of drug-likeness (QED) is 0.563. The van der Waals surface area contributed by atoms with Crippen LogP contribution in [0.25, 0.3) is 26.5 Å². The summed E-state index contributed by atoms with van der Waals surface area (Å²) in [5.74, 6) is 0. The van der Waals surface area contributed by atoms with Gasteiger partial charge in [-0.2, -0.15) is 0 Å². The third-order valence-electron chi connectivity index (χ3n) is 3.08. The van der Waals surface area contributed by atoms with Crippen molar-refractivity contribution in [3.63, 3.8) is 0 Å². The molecule has 96 valence electrons. The molecule has 3 aromatic heterocycles. The molecule has 0 radical (unpaired) electrons. The van der Waals surface area contributed by atoms with E-state index >= 15 is 0 Å². The van der Waals surface area contributed by atoms with Gasteiger partial charge in [-0.25, -0.2) is 9.97 Å². The summed E-state index contributed by atoms with van der Waals surface area (Å²) >= 11 is 1.68. The van der Waals surface area contributed by atoms with Gasteiger partial charge in [0.1, 0.15) is 5.01 Å². The van der Waals surface area contributed by atoms with Crippen LogP contribution in [-0.4, -0.2) is 19.5 Å². The van der Waals surface area contributed by atoms with Crippen molar-refractivity contribution in [2.75, 3.05) is 0 Å². The first-order valence-corrected chi connectivity index (χ1v) is 7.01. The second-order valence-electron chi connectivity index (χ2n) is 4.38. The second kappa shape index (κ2) is 4.54. The van der Waals surface area contributed by atoms with Gasteiger partial charge in [-0.15, -0.1) is 11.3 Å². The first-order chi connectivity index (χ1) is 9.90. The number of hydrogen-bond acceptors (Lipinski definition) is 4. The highest BCUT2D eigenvalue weighted by Crippen LogP contribution is 2.30. The molecule has 4 rings (SSSR count). The molecule has 5 heteroatoms. The molecule has 0 N–H and O–H groups in total. The SMILES string of the molecule is c1cncc(-c2nc3ccc(-n4ccnc4)cc3s2)c1. The first-order valence-electron chi connectivity index (χ1n) is 6.19. The monoisotopic (exact) mass is 278 g/mol. The minimum Gasteiger partial charge on any atom is -0.306 e. The van der Waals surface area contributed by atoms with Crippen LogP contribution in [0.1, 0.15) is 0 Å². The molecular weight excluding hydrogens is 268 g/mol. The van der Waals surface area contributed by atoms with Gasteiger partial charge in [-0.05, 0) is 30.3 Å². The van der Waals surface area contributed by atoms with Crippen molar-refractivity contribution in [1.29, 1.82) is 0 Å². The van der Waals surface area contributed by atoms with E-state index in [2.05, 4.69) is 27.1 Å². The van der Waals surface area contributed by atoms with Crippen molar-refractivity contribution >= 4 is 21.6 Å². The summed E-state index contributed by atoms with van der Waals surface area (Å²) in [6.45, 7) is 0. The summed E-state index contributed by atoms with van der Waals surface area (Å²) in [4.78, 5) is 12.9. The average molecular weight is 278 g/mol. The Morgan fingerprint density at radius 3 is 2.85 bits per heavy atom. The minimum absolute atomic E-state index is 0.996. The van der Waals surface area contributed by atoms with Crippen LogP contribution in [0.3, 0.4) is 0 Å². The number of pyridine rings is 1. The summed E-state index contributed by atoms with van der Waals surface area (Å²) in [7, 11) is 0. The Morgan fingerprint density at radius 1 is 1.05 bits per heavy atom. The van der Waals surface area contributed by atoms with Crippen LogP contribution < -0.4 is 0 Å². The predicted molar refractivity (Wildman–Crippen MR) is 80.0 cm³/mol. The van der Waals surface area contributed by atoms with Crippen molar-refractivity contribution in [3.05, 3.63) is 61.4 Å². The molecule has 0 fully saturated rings. The molecule has 4 nitrogen and oxygen atoms in total. The zero-order valence-electron chi connectivity index (χ0n) is 10.5. The third-order valence-corrected chi connectivity index (χ3v) is 4.15. The Hall–Kier alpha value is -2.53. The van der Waals surface area contributed by atoms with Gasteiger partial charge in [0.25, 0.3) is 0 Å². The molecule has 0 saturated heterocycles. The molecular formula is C15H10N4S. The highest BCUT2D eigenvalue weighted by Gasteiger charge is 2.07.